The molecule has 0 unspecified atom stereocenters. The van der Waals surface area contributed by atoms with Crippen LogP contribution >= 0.6 is 11.3 Å². The first kappa shape index (κ1) is 19.0. The summed E-state index contributed by atoms with van der Waals surface area (Å²) in [7, 11) is 0. The molecule has 4 aromatic rings. The Balaban J connectivity index is 1.69. The molecule has 1 N–H and O–H groups in total. The number of rotatable bonds is 4. The van der Waals surface area contributed by atoms with Crippen LogP contribution in [0.5, 0.6) is 0 Å². The van der Waals surface area contributed by atoms with Crippen molar-refractivity contribution in [2.45, 2.75) is 13.8 Å². The summed E-state index contributed by atoms with van der Waals surface area (Å²) in [5.74, 6) is 0.290. The van der Waals surface area contributed by atoms with Gasteiger partial charge in [-0.15, -0.1) is 11.3 Å². The molecule has 3 aromatic carbocycles. The molecule has 0 amide bonds. The summed E-state index contributed by atoms with van der Waals surface area (Å²) in [6.07, 6.45) is 1.63. The number of halogens is 1. The third kappa shape index (κ3) is 4.55. The zero-order chi connectivity index (χ0) is 20.2. The lowest BCUT2D eigenvalue weighted by Crippen LogP contribution is -2.18. The Kier molecular flexibility index (Phi) is 5.44. The van der Waals surface area contributed by atoms with Gasteiger partial charge in [-0.05, 0) is 55.3 Å². The first-order valence-corrected chi connectivity index (χ1v) is 9.97. The fourth-order valence-electron chi connectivity index (χ4n) is 2.86. The van der Waals surface area contributed by atoms with Gasteiger partial charge in [0.15, 0.2) is 10.8 Å². The van der Waals surface area contributed by atoms with Crippen molar-refractivity contribution in [3.63, 3.8) is 0 Å². The topological polar surface area (TPSA) is 49.6 Å². The van der Waals surface area contributed by atoms with Crippen LogP contribution in [0.25, 0.3) is 10.2 Å². The van der Waals surface area contributed by atoms with Gasteiger partial charge in [-0.25, -0.2) is 14.4 Å². The first-order chi connectivity index (χ1) is 14.1. The Morgan fingerprint density at radius 1 is 1.03 bits per heavy atom. The summed E-state index contributed by atoms with van der Waals surface area (Å²) in [5, 5.41) is 5.05. The number of benzene rings is 3. The van der Waals surface area contributed by atoms with Crippen LogP contribution in [0.4, 0.5) is 10.1 Å². The average molecular weight is 402 g/mol. The Hall–Kier alpha value is -3.38. The number of hydrogen-bond acceptors (Lipinski definition) is 4. The lowest BCUT2D eigenvalue weighted by atomic mass is 10.1. The third-order valence-corrected chi connectivity index (χ3v) is 5.38. The van der Waals surface area contributed by atoms with E-state index in [1.807, 2.05) is 43.3 Å². The Bertz CT molecular complexity index is 1180. The van der Waals surface area contributed by atoms with E-state index in [1.165, 1.54) is 17.7 Å². The molecule has 0 aliphatic carbocycles. The fourth-order valence-corrected chi connectivity index (χ4v) is 3.77. The van der Waals surface area contributed by atoms with Crippen molar-refractivity contribution in [1.29, 1.82) is 0 Å². The molecule has 0 saturated heterocycles. The van der Waals surface area contributed by atoms with Gasteiger partial charge in [-0.2, -0.15) is 5.10 Å². The molecular weight excluding hydrogens is 383 g/mol. The number of aliphatic imine (C=N–C) groups is 1. The highest BCUT2D eigenvalue weighted by atomic mass is 32.1. The molecule has 0 saturated carbocycles. The van der Waals surface area contributed by atoms with Crippen molar-refractivity contribution in [3.05, 3.63) is 94.2 Å². The molecule has 0 aliphatic heterocycles. The van der Waals surface area contributed by atoms with Gasteiger partial charge in [-0.3, -0.25) is 5.43 Å². The van der Waals surface area contributed by atoms with Gasteiger partial charge in [0.05, 0.1) is 22.1 Å². The molecule has 0 aliphatic rings. The highest BCUT2D eigenvalue weighted by molar-refractivity contribution is 7.20. The number of nitrogens with zero attached hydrogens (tertiary/aromatic N) is 3. The molecule has 0 radical (unpaired) electrons. The minimum Gasteiger partial charge on any atom is -0.259 e. The van der Waals surface area contributed by atoms with Crippen LogP contribution in [0.3, 0.4) is 0 Å². The maximum absolute atomic E-state index is 13.1. The number of hydrazone groups is 1. The van der Waals surface area contributed by atoms with Crippen LogP contribution in [0, 0.1) is 19.7 Å². The van der Waals surface area contributed by atoms with Crippen LogP contribution < -0.4 is 5.43 Å². The molecule has 29 heavy (non-hydrogen) atoms. The molecule has 0 fully saturated rings. The second-order valence-electron chi connectivity index (χ2n) is 6.66. The summed E-state index contributed by atoms with van der Waals surface area (Å²) >= 11 is 1.55. The first-order valence-electron chi connectivity index (χ1n) is 9.15. The number of thiazole rings is 1. The summed E-state index contributed by atoms with van der Waals surface area (Å²) in [6, 6.07) is 20.2. The standard InChI is InChI=1S/C23H19FN4S/c1-15-7-12-19(16(2)13-15)26-22(23-27-20-5-3-4-6-21(20)29-23)28-25-14-17-8-10-18(24)11-9-17/h3-14H,1-2H3,(H,26,28)/b25-14+. The van der Waals surface area contributed by atoms with E-state index in [1.54, 1.807) is 29.7 Å². The van der Waals surface area contributed by atoms with Crippen molar-refractivity contribution < 1.29 is 4.39 Å². The molecule has 1 aromatic heterocycles. The normalized spacial score (nSPS) is 12.0. The van der Waals surface area contributed by atoms with Crippen molar-refractivity contribution in [2.75, 3.05) is 0 Å². The number of aryl methyl sites for hydroxylation is 2. The van der Waals surface area contributed by atoms with Crippen molar-refractivity contribution in [2.24, 2.45) is 10.1 Å². The Morgan fingerprint density at radius 2 is 1.83 bits per heavy atom. The molecule has 0 bridgehead atoms. The van der Waals surface area contributed by atoms with E-state index in [0.29, 0.717) is 5.84 Å². The Morgan fingerprint density at radius 3 is 2.59 bits per heavy atom. The van der Waals surface area contributed by atoms with Crippen molar-refractivity contribution >= 4 is 39.3 Å². The molecule has 1 heterocycles. The van der Waals surface area contributed by atoms with Crippen molar-refractivity contribution in [1.82, 2.24) is 10.4 Å². The Labute approximate surface area is 172 Å². The van der Waals surface area contributed by atoms with E-state index >= 15 is 0 Å². The second-order valence-corrected chi connectivity index (χ2v) is 7.69. The molecular formula is C23H19FN4S. The predicted octanol–water partition coefficient (Wildman–Crippen LogP) is 5.75. The van der Waals surface area contributed by atoms with E-state index in [2.05, 4.69) is 23.5 Å². The average Bonchev–Trinajstić information content (AvgIpc) is 3.14. The smallest absolute Gasteiger partial charge is 0.183 e. The highest BCUT2D eigenvalue weighted by Crippen LogP contribution is 2.25. The van der Waals surface area contributed by atoms with Crippen LogP contribution in [0.2, 0.25) is 0 Å². The number of nitrogens with one attached hydrogen (secondary N) is 1. The number of amidine groups is 1. The highest BCUT2D eigenvalue weighted by Gasteiger charge is 2.11. The zero-order valence-corrected chi connectivity index (χ0v) is 16.9. The lowest BCUT2D eigenvalue weighted by Gasteiger charge is -2.06. The van der Waals surface area contributed by atoms with Gasteiger partial charge >= 0.3 is 0 Å². The van der Waals surface area contributed by atoms with E-state index in [9.17, 15) is 4.39 Å². The quantitative estimate of drug-likeness (QED) is 0.268. The summed E-state index contributed by atoms with van der Waals surface area (Å²) in [6.45, 7) is 4.09. The molecule has 0 spiro atoms. The van der Waals surface area contributed by atoms with E-state index in [0.717, 1.165) is 32.0 Å². The van der Waals surface area contributed by atoms with E-state index in [-0.39, 0.29) is 5.82 Å². The van der Waals surface area contributed by atoms with E-state index in [4.69, 9.17) is 9.98 Å². The summed E-state index contributed by atoms with van der Waals surface area (Å²) in [4.78, 5) is 9.49. The van der Waals surface area contributed by atoms with Gasteiger partial charge in [-0.1, -0.05) is 42.0 Å². The van der Waals surface area contributed by atoms with Gasteiger partial charge in [0.25, 0.3) is 0 Å². The number of fused-ring (bicyclic) bond motifs is 1. The number of aromatic nitrogens is 1. The largest absolute Gasteiger partial charge is 0.259 e. The van der Waals surface area contributed by atoms with Crippen LogP contribution in [0.15, 0.2) is 76.8 Å². The third-order valence-electron chi connectivity index (χ3n) is 4.34. The van der Waals surface area contributed by atoms with Gasteiger partial charge in [0.2, 0.25) is 0 Å². The van der Waals surface area contributed by atoms with Crippen LogP contribution in [-0.4, -0.2) is 17.0 Å². The van der Waals surface area contributed by atoms with Gasteiger partial charge in [0, 0.05) is 0 Å². The lowest BCUT2D eigenvalue weighted by molar-refractivity contribution is 0.628. The molecule has 4 rings (SSSR count). The monoisotopic (exact) mass is 402 g/mol. The molecule has 0 atom stereocenters. The van der Waals surface area contributed by atoms with Crippen LogP contribution in [-0.2, 0) is 0 Å². The number of para-hydroxylation sites is 1. The minimum atomic E-state index is -0.276. The van der Waals surface area contributed by atoms with Crippen LogP contribution in [0.1, 0.15) is 21.7 Å². The maximum Gasteiger partial charge on any atom is 0.183 e. The summed E-state index contributed by atoms with van der Waals surface area (Å²) in [5.41, 5.74) is 7.85. The fraction of sp³-hybridized carbons (Fsp3) is 0.0870. The van der Waals surface area contributed by atoms with Gasteiger partial charge in [0.1, 0.15) is 5.82 Å². The second kappa shape index (κ2) is 8.32. The summed E-state index contributed by atoms with van der Waals surface area (Å²) < 4.78 is 14.2. The molecule has 144 valence electrons. The zero-order valence-electron chi connectivity index (χ0n) is 16.1. The van der Waals surface area contributed by atoms with Crippen molar-refractivity contribution in [3.8, 4) is 0 Å². The minimum absolute atomic E-state index is 0.276. The molecule has 4 nitrogen and oxygen atoms in total. The number of hydrogen-bond donors (Lipinski definition) is 1. The predicted molar refractivity (Wildman–Crippen MR) is 119 cm³/mol. The SMILES string of the molecule is Cc1ccc(N=C(N/N=C/c2ccc(F)cc2)c2nc3ccccc3s2)c(C)c1. The van der Waals surface area contributed by atoms with E-state index < -0.39 is 0 Å². The molecule has 6 heteroatoms. The van der Waals surface area contributed by atoms with Gasteiger partial charge < -0.3 is 0 Å². The maximum atomic E-state index is 13.1.